The minimum atomic E-state index is -0.0314. The van der Waals surface area contributed by atoms with Crippen LogP contribution in [0.2, 0.25) is 5.02 Å². The third-order valence-corrected chi connectivity index (χ3v) is 5.62. The Labute approximate surface area is 201 Å². The Morgan fingerprint density at radius 1 is 1.23 bits per heavy atom. The first-order chi connectivity index (χ1) is 14.0. The van der Waals surface area contributed by atoms with Crippen molar-refractivity contribution in [1.82, 2.24) is 15.8 Å². The van der Waals surface area contributed by atoms with Gasteiger partial charge in [-0.25, -0.2) is 4.99 Å². The molecule has 1 fully saturated rings. The smallest absolute Gasteiger partial charge is 0.191 e. The molecular weight excluding hydrogens is 515 g/mol. The molecule has 1 aliphatic rings. The fourth-order valence-corrected chi connectivity index (χ4v) is 3.77. The summed E-state index contributed by atoms with van der Waals surface area (Å²) in [5.41, 5.74) is 2.17. The van der Waals surface area contributed by atoms with Gasteiger partial charge in [0, 0.05) is 42.8 Å². The fraction of sp³-hybridized carbons (Fsp3) is 0.545. The summed E-state index contributed by atoms with van der Waals surface area (Å²) in [7, 11) is 0. The highest BCUT2D eigenvalue weighted by atomic mass is 127. The lowest BCUT2D eigenvalue weighted by Gasteiger charge is -2.38. The lowest BCUT2D eigenvalue weighted by atomic mass is 9.74. The number of aliphatic imine (C=N–C) groups is 1. The predicted molar refractivity (Wildman–Crippen MR) is 132 cm³/mol. The van der Waals surface area contributed by atoms with Gasteiger partial charge in [0.2, 0.25) is 0 Å². The molecule has 2 heterocycles. The first kappa shape index (κ1) is 24.9. The van der Waals surface area contributed by atoms with Gasteiger partial charge in [0.1, 0.15) is 6.54 Å². The number of halogens is 2. The summed E-state index contributed by atoms with van der Waals surface area (Å²) in [5, 5.41) is 11.7. The van der Waals surface area contributed by atoms with Gasteiger partial charge in [0.15, 0.2) is 11.7 Å². The second kappa shape index (κ2) is 11.9. The molecule has 2 aromatic rings. The minimum Gasteiger partial charge on any atom is -0.381 e. The quantitative estimate of drug-likeness (QED) is 0.294. The third-order valence-electron chi connectivity index (χ3n) is 5.39. The van der Waals surface area contributed by atoms with Crippen molar-refractivity contribution >= 4 is 41.5 Å². The van der Waals surface area contributed by atoms with E-state index in [1.807, 2.05) is 18.2 Å². The Kier molecular flexibility index (Phi) is 9.90. The number of ether oxygens (including phenoxy) is 1. The molecule has 1 aromatic carbocycles. The molecule has 8 heteroatoms. The van der Waals surface area contributed by atoms with E-state index in [0.29, 0.717) is 12.5 Å². The lowest BCUT2D eigenvalue weighted by molar-refractivity contribution is 0.0514. The number of hydrogen-bond donors (Lipinski definition) is 2. The average Bonchev–Trinajstić information content (AvgIpc) is 3.20. The maximum Gasteiger partial charge on any atom is 0.191 e. The van der Waals surface area contributed by atoms with Gasteiger partial charge < -0.3 is 19.9 Å². The van der Waals surface area contributed by atoms with Crippen LogP contribution in [-0.2, 0) is 16.7 Å². The molecule has 0 spiro atoms. The molecule has 30 heavy (non-hydrogen) atoms. The number of benzene rings is 1. The van der Waals surface area contributed by atoms with E-state index < -0.39 is 0 Å². The SMILES string of the molecule is CCNC(=NCc1cc(C(C)C)no1)NCC1(c2cccc(Cl)c2)CCOCC1.I. The van der Waals surface area contributed by atoms with Crippen LogP contribution in [0.15, 0.2) is 39.8 Å². The Hall–Kier alpha value is -1.32. The zero-order valence-corrected chi connectivity index (χ0v) is 21.0. The van der Waals surface area contributed by atoms with Gasteiger partial charge in [-0.2, -0.15) is 0 Å². The maximum absolute atomic E-state index is 6.28. The highest BCUT2D eigenvalue weighted by Gasteiger charge is 2.34. The van der Waals surface area contributed by atoms with Crippen LogP contribution < -0.4 is 10.6 Å². The minimum absolute atomic E-state index is 0. The predicted octanol–water partition coefficient (Wildman–Crippen LogP) is 4.87. The van der Waals surface area contributed by atoms with E-state index in [1.54, 1.807) is 0 Å². The zero-order chi connectivity index (χ0) is 20.7. The van der Waals surface area contributed by atoms with Crippen molar-refractivity contribution in [2.75, 3.05) is 26.3 Å². The molecule has 0 atom stereocenters. The van der Waals surface area contributed by atoms with Crippen molar-refractivity contribution in [3.05, 3.63) is 52.4 Å². The van der Waals surface area contributed by atoms with Crippen LogP contribution in [0.5, 0.6) is 0 Å². The van der Waals surface area contributed by atoms with Crippen molar-refractivity contribution in [1.29, 1.82) is 0 Å². The Balaban J connectivity index is 0.00000320. The van der Waals surface area contributed by atoms with Crippen LogP contribution in [0.25, 0.3) is 0 Å². The van der Waals surface area contributed by atoms with Crippen LogP contribution in [-0.4, -0.2) is 37.4 Å². The third kappa shape index (κ3) is 6.59. The number of guanidine groups is 1. The van der Waals surface area contributed by atoms with Gasteiger partial charge in [-0.05, 0) is 43.4 Å². The molecule has 0 saturated carbocycles. The van der Waals surface area contributed by atoms with Crippen LogP contribution in [0.3, 0.4) is 0 Å². The molecule has 0 bridgehead atoms. The summed E-state index contributed by atoms with van der Waals surface area (Å²) in [6.07, 6.45) is 1.89. The summed E-state index contributed by atoms with van der Waals surface area (Å²) < 4.78 is 11.0. The van der Waals surface area contributed by atoms with Crippen molar-refractivity contribution in [3.63, 3.8) is 0 Å². The number of nitrogens with zero attached hydrogens (tertiary/aromatic N) is 2. The summed E-state index contributed by atoms with van der Waals surface area (Å²) in [6.45, 7) is 9.74. The second-order valence-electron chi connectivity index (χ2n) is 7.82. The van der Waals surface area contributed by atoms with Gasteiger partial charge in [-0.3, -0.25) is 0 Å². The van der Waals surface area contributed by atoms with E-state index >= 15 is 0 Å². The number of nitrogens with one attached hydrogen (secondary N) is 2. The molecule has 1 aliphatic heterocycles. The first-order valence-electron chi connectivity index (χ1n) is 10.3. The molecule has 0 amide bonds. The molecule has 1 aromatic heterocycles. The topological polar surface area (TPSA) is 71.7 Å². The molecular formula is C22H32ClIN4O2. The molecule has 0 radical (unpaired) electrons. The number of hydrogen-bond acceptors (Lipinski definition) is 4. The first-order valence-corrected chi connectivity index (χ1v) is 10.7. The standard InChI is InChI=1S/C22H31ClN4O2.HI/c1-4-24-21(25-14-19-13-20(16(2)3)27-29-19)26-15-22(8-10-28-11-9-22)17-6-5-7-18(23)12-17;/h5-7,12-13,16H,4,8-11,14-15H2,1-3H3,(H2,24,25,26);1H. The lowest BCUT2D eigenvalue weighted by Crippen LogP contribution is -2.48. The average molecular weight is 547 g/mol. The van der Waals surface area contributed by atoms with Gasteiger partial charge in [0.05, 0.1) is 5.69 Å². The summed E-state index contributed by atoms with van der Waals surface area (Å²) >= 11 is 6.28. The van der Waals surface area contributed by atoms with E-state index in [9.17, 15) is 0 Å². The maximum atomic E-state index is 6.28. The van der Waals surface area contributed by atoms with Crippen molar-refractivity contribution in [2.45, 2.75) is 51.5 Å². The Bertz CT molecular complexity index is 819. The van der Waals surface area contributed by atoms with Gasteiger partial charge >= 0.3 is 0 Å². The van der Waals surface area contributed by atoms with Crippen molar-refractivity contribution in [2.24, 2.45) is 4.99 Å². The van der Waals surface area contributed by atoms with Crippen LogP contribution in [0.1, 0.15) is 56.5 Å². The van der Waals surface area contributed by atoms with E-state index in [1.165, 1.54) is 5.56 Å². The van der Waals surface area contributed by atoms with E-state index in [4.69, 9.17) is 20.9 Å². The molecule has 2 N–H and O–H groups in total. The highest BCUT2D eigenvalue weighted by molar-refractivity contribution is 14.0. The molecule has 0 aliphatic carbocycles. The second-order valence-corrected chi connectivity index (χ2v) is 8.26. The Morgan fingerprint density at radius 2 is 2.00 bits per heavy atom. The number of rotatable bonds is 7. The van der Waals surface area contributed by atoms with Gasteiger partial charge in [-0.1, -0.05) is 42.7 Å². The van der Waals surface area contributed by atoms with Crippen LogP contribution in [0, 0.1) is 0 Å². The summed E-state index contributed by atoms with van der Waals surface area (Å²) in [4.78, 5) is 4.69. The molecule has 1 saturated heterocycles. The van der Waals surface area contributed by atoms with Crippen molar-refractivity contribution in [3.8, 4) is 0 Å². The highest BCUT2D eigenvalue weighted by Crippen LogP contribution is 2.35. The van der Waals surface area contributed by atoms with Gasteiger partial charge in [-0.15, -0.1) is 24.0 Å². The van der Waals surface area contributed by atoms with Crippen LogP contribution >= 0.6 is 35.6 Å². The molecule has 3 rings (SSSR count). The fourth-order valence-electron chi connectivity index (χ4n) is 3.58. The largest absolute Gasteiger partial charge is 0.381 e. The van der Waals surface area contributed by atoms with E-state index in [-0.39, 0.29) is 29.4 Å². The Morgan fingerprint density at radius 3 is 2.63 bits per heavy atom. The van der Waals surface area contributed by atoms with Crippen molar-refractivity contribution < 1.29 is 9.26 Å². The molecule has 0 unspecified atom stereocenters. The molecule has 166 valence electrons. The number of aromatic nitrogens is 1. The van der Waals surface area contributed by atoms with E-state index in [0.717, 1.165) is 61.6 Å². The summed E-state index contributed by atoms with van der Waals surface area (Å²) in [5.74, 6) is 1.87. The van der Waals surface area contributed by atoms with E-state index in [2.05, 4.69) is 53.7 Å². The van der Waals surface area contributed by atoms with Gasteiger partial charge in [0.25, 0.3) is 0 Å². The van der Waals surface area contributed by atoms with Crippen LogP contribution in [0.4, 0.5) is 0 Å². The molecule has 6 nitrogen and oxygen atoms in total. The zero-order valence-electron chi connectivity index (χ0n) is 17.9. The normalized spacial score (nSPS) is 16.2. The summed E-state index contributed by atoms with van der Waals surface area (Å²) in [6, 6.07) is 10.1. The monoisotopic (exact) mass is 546 g/mol.